The highest BCUT2D eigenvalue weighted by molar-refractivity contribution is 5.78. The number of anilines is 1. The van der Waals surface area contributed by atoms with E-state index in [1.807, 2.05) is 34.9 Å². The zero-order chi connectivity index (χ0) is 16.6. The lowest BCUT2D eigenvalue weighted by atomic mass is 10.1. The highest BCUT2D eigenvalue weighted by Gasteiger charge is 2.19. The van der Waals surface area contributed by atoms with Gasteiger partial charge in [0.2, 0.25) is 0 Å². The lowest BCUT2D eigenvalue weighted by Crippen LogP contribution is -2.27. The molecule has 0 fully saturated rings. The second-order valence-electron chi connectivity index (χ2n) is 6.50. The van der Waals surface area contributed by atoms with Crippen molar-refractivity contribution in [2.75, 3.05) is 12.4 Å². The summed E-state index contributed by atoms with van der Waals surface area (Å²) in [6, 6.07) is 11.2. The third-order valence-corrected chi connectivity index (χ3v) is 3.48. The Morgan fingerprint density at radius 2 is 1.96 bits per heavy atom. The van der Waals surface area contributed by atoms with Crippen molar-refractivity contribution in [2.45, 2.75) is 26.3 Å². The molecule has 1 aromatic carbocycles. The van der Waals surface area contributed by atoms with E-state index in [0.717, 1.165) is 22.7 Å². The van der Waals surface area contributed by atoms with Crippen LogP contribution in [-0.2, 0) is 0 Å². The van der Waals surface area contributed by atoms with E-state index in [0.29, 0.717) is 5.75 Å². The first-order valence-corrected chi connectivity index (χ1v) is 7.52. The molecule has 2 heterocycles. The molecule has 2 N–H and O–H groups in total. The SMILES string of the molecule is COc1ccc(-c2nc3ccccn3c2NC(C)(C)C)cc1O. The monoisotopic (exact) mass is 311 g/mol. The molecule has 3 rings (SSSR count). The van der Waals surface area contributed by atoms with Gasteiger partial charge in [0.25, 0.3) is 0 Å². The fraction of sp³-hybridized carbons (Fsp3) is 0.278. The largest absolute Gasteiger partial charge is 0.504 e. The van der Waals surface area contributed by atoms with Crippen LogP contribution in [0, 0.1) is 0 Å². The minimum atomic E-state index is -0.116. The van der Waals surface area contributed by atoms with Crippen molar-refractivity contribution in [2.24, 2.45) is 0 Å². The van der Waals surface area contributed by atoms with Crippen molar-refractivity contribution in [1.29, 1.82) is 0 Å². The number of phenols is 1. The van der Waals surface area contributed by atoms with Crippen LogP contribution in [0.3, 0.4) is 0 Å². The lowest BCUT2D eigenvalue weighted by molar-refractivity contribution is 0.373. The zero-order valence-corrected chi connectivity index (χ0v) is 13.8. The summed E-state index contributed by atoms with van der Waals surface area (Å²) in [5.41, 5.74) is 2.36. The number of phenolic OH excluding ortho intramolecular Hbond substituents is 1. The van der Waals surface area contributed by atoms with E-state index in [1.165, 1.54) is 7.11 Å². The topological polar surface area (TPSA) is 58.8 Å². The summed E-state index contributed by atoms with van der Waals surface area (Å²) < 4.78 is 7.13. The number of methoxy groups -OCH3 is 1. The predicted octanol–water partition coefficient (Wildman–Crippen LogP) is 3.93. The van der Waals surface area contributed by atoms with Crippen molar-refractivity contribution in [3.8, 4) is 22.8 Å². The number of rotatable bonds is 3. The van der Waals surface area contributed by atoms with Crippen LogP contribution in [0.1, 0.15) is 20.8 Å². The molecule has 0 radical (unpaired) electrons. The third kappa shape index (κ3) is 2.95. The molecule has 0 spiro atoms. The molecule has 2 aromatic heterocycles. The van der Waals surface area contributed by atoms with Crippen molar-refractivity contribution in [1.82, 2.24) is 9.38 Å². The van der Waals surface area contributed by atoms with Gasteiger partial charge in [0.1, 0.15) is 17.2 Å². The Kier molecular flexibility index (Phi) is 3.64. The van der Waals surface area contributed by atoms with Crippen LogP contribution in [0.2, 0.25) is 0 Å². The summed E-state index contributed by atoms with van der Waals surface area (Å²) in [7, 11) is 1.53. The van der Waals surface area contributed by atoms with Crippen LogP contribution in [0.5, 0.6) is 11.5 Å². The van der Waals surface area contributed by atoms with Gasteiger partial charge in [-0.05, 0) is 51.1 Å². The highest BCUT2D eigenvalue weighted by atomic mass is 16.5. The Balaban J connectivity index is 2.20. The summed E-state index contributed by atoms with van der Waals surface area (Å²) in [5.74, 6) is 1.45. The molecular weight excluding hydrogens is 290 g/mol. The van der Waals surface area contributed by atoms with Gasteiger partial charge in [-0.25, -0.2) is 4.98 Å². The van der Waals surface area contributed by atoms with Crippen LogP contribution in [-0.4, -0.2) is 27.1 Å². The first-order valence-electron chi connectivity index (χ1n) is 7.52. The van der Waals surface area contributed by atoms with E-state index < -0.39 is 0 Å². The van der Waals surface area contributed by atoms with Crippen molar-refractivity contribution in [3.05, 3.63) is 42.6 Å². The van der Waals surface area contributed by atoms with Crippen molar-refractivity contribution >= 4 is 11.5 Å². The van der Waals surface area contributed by atoms with Gasteiger partial charge in [-0.1, -0.05) is 6.07 Å². The standard InChI is InChI=1S/C18H21N3O2/c1-18(2,3)20-17-16(19-15-7-5-6-10-21(15)17)12-8-9-14(23-4)13(22)11-12/h5-11,20,22H,1-4H3. The van der Waals surface area contributed by atoms with Gasteiger partial charge in [-0.2, -0.15) is 0 Å². The van der Waals surface area contributed by atoms with E-state index in [1.54, 1.807) is 12.1 Å². The number of aromatic nitrogens is 2. The Morgan fingerprint density at radius 1 is 1.17 bits per heavy atom. The molecule has 3 aromatic rings. The maximum absolute atomic E-state index is 10.1. The maximum Gasteiger partial charge on any atom is 0.160 e. The van der Waals surface area contributed by atoms with Gasteiger partial charge >= 0.3 is 0 Å². The smallest absolute Gasteiger partial charge is 0.160 e. The Bertz CT molecular complexity index is 847. The molecule has 5 heteroatoms. The molecule has 0 aliphatic carbocycles. The van der Waals surface area contributed by atoms with Gasteiger partial charge in [0, 0.05) is 17.3 Å². The average molecular weight is 311 g/mol. The zero-order valence-electron chi connectivity index (χ0n) is 13.8. The number of fused-ring (bicyclic) bond motifs is 1. The van der Waals surface area contributed by atoms with Gasteiger partial charge in [0.15, 0.2) is 11.5 Å². The first kappa shape index (κ1) is 15.2. The van der Waals surface area contributed by atoms with Crippen molar-refractivity contribution < 1.29 is 9.84 Å². The van der Waals surface area contributed by atoms with Crippen LogP contribution < -0.4 is 10.1 Å². The number of nitrogens with zero attached hydrogens (tertiary/aromatic N) is 2. The highest BCUT2D eigenvalue weighted by Crippen LogP contribution is 2.35. The molecule has 0 atom stereocenters. The van der Waals surface area contributed by atoms with E-state index in [9.17, 15) is 5.11 Å². The summed E-state index contributed by atoms with van der Waals surface area (Å²) in [4.78, 5) is 4.71. The fourth-order valence-corrected chi connectivity index (χ4v) is 2.51. The fourth-order valence-electron chi connectivity index (χ4n) is 2.51. The Hall–Kier alpha value is -2.69. The van der Waals surface area contributed by atoms with Crippen molar-refractivity contribution in [3.63, 3.8) is 0 Å². The summed E-state index contributed by atoms with van der Waals surface area (Å²) in [6.45, 7) is 6.31. The minimum absolute atomic E-state index is 0.101. The third-order valence-electron chi connectivity index (χ3n) is 3.48. The number of pyridine rings is 1. The second kappa shape index (κ2) is 5.50. The number of nitrogens with one attached hydrogen (secondary N) is 1. The molecule has 0 bridgehead atoms. The molecular formula is C18H21N3O2. The van der Waals surface area contributed by atoms with Gasteiger partial charge in [-0.3, -0.25) is 4.40 Å². The van der Waals surface area contributed by atoms with Gasteiger partial charge in [0.05, 0.1) is 7.11 Å². The molecule has 5 nitrogen and oxygen atoms in total. The summed E-state index contributed by atoms with van der Waals surface area (Å²) in [5, 5.41) is 13.6. The second-order valence-corrected chi connectivity index (χ2v) is 6.50. The van der Waals surface area contributed by atoms with Crippen LogP contribution in [0.15, 0.2) is 42.6 Å². The normalized spacial score (nSPS) is 11.7. The summed E-state index contributed by atoms with van der Waals surface area (Å²) >= 11 is 0. The van der Waals surface area contributed by atoms with Crippen LogP contribution in [0.25, 0.3) is 16.9 Å². The molecule has 0 aliphatic heterocycles. The molecule has 0 saturated heterocycles. The Morgan fingerprint density at radius 3 is 2.61 bits per heavy atom. The molecule has 0 unspecified atom stereocenters. The van der Waals surface area contributed by atoms with Crippen LogP contribution in [0.4, 0.5) is 5.82 Å². The van der Waals surface area contributed by atoms with Gasteiger partial charge in [-0.15, -0.1) is 0 Å². The molecule has 0 aliphatic rings. The number of benzene rings is 1. The van der Waals surface area contributed by atoms with Crippen LogP contribution >= 0.6 is 0 Å². The Labute approximate surface area is 135 Å². The number of hydrogen-bond donors (Lipinski definition) is 2. The predicted molar refractivity (Wildman–Crippen MR) is 92.2 cm³/mol. The van der Waals surface area contributed by atoms with E-state index in [-0.39, 0.29) is 11.3 Å². The van der Waals surface area contributed by atoms with E-state index in [4.69, 9.17) is 9.72 Å². The number of aromatic hydroxyl groups is 1. The summed E-state index contributed by atoms with van der Waals surface area (Å²) in [6.07, 6.45) is 1.98. The minimum Gasteiger partial charge on any atom is -0.504 e. The molecule has 23 heavy (non-hydrogen) atoms. The maximum atomic E-state index is 10.1. The number of hydrogen-bond acceptors (Lipinski definition) is 4. The molecule has 120 valence electrons. The lowest BCUT2D eigenvalue weighted by Gasteiger charge is -2.22. The van der Waals surface area contributed by atoms with E-state index in [2.05, 4.69) is 26.1 Å². The molecule has 0 amide bonds. The first-order chi connectivity index (χ1) is 10.9. The molecule has 0 saturated carbocycles. The average Bonchev–Trinajstić information content (AvgIpc) is 2.84. The quantitative estimate of drug-likeness (QED) is 0.769. The van der Waals surface area contributed by atoms with Gasteiger partial charge < -0.3 is 15.2 Å². The van der Waals surface area contributed by atoms with E-state index >= 15 is 0 Å². The number of imidazole rings is 1. The number of ether oxygens (including phenoxy) is 1.